The topological polar surface area (TPSA) is 26.3 Å². The Balaban J connectivity index is 2.73. The second-order valence-corrected chi connectivity index (χ2v) is 3.22. The zero-order valence-corrected chi connectivity index (χ0v) is 8.62. The van der Waals surface area contributed by atoms with Crippen LogP contribution in [0, 0.1) is 0 Å². The predicted octanol–water partition coefficient (Wildman–Crippen LogP) is 2.11. The van der Waals surface area contributed by atoms with Crippen LogP contribution in [0.25, 0.3) is 0 Å². The fraction of sp³-hybridized carbons (Fsp3) is 0.300. The van der Waals surface area contributed by atoms with Crippen molar-refractivity contribution < 1.29 is 9.53 Å². The minimum Gasteiger partial charge on any atom is -0.466 e. The molecule has 0 aliphatic rings. The molecule has 0 saturated heterocycles. The Labute approximate surface area is 89.6 Å². The smallest absolute Gasteiger partial charge is 0.304 e. The minimum absolute atomic E-state index is 0.333. The van der Waals surface area contributed by atoms with Crippen molar-refractivity contribution in [3.63, 3.8) is 0 Å². The lowest BCUT2D eigenvalue weighted by atomic mass is 9.81. The molecule has 0 spiro atoms. The molecule has 1 aromatic rings. The summed E-state index contributed by atoms with van der Waals surface area (Å²) in [6.07, 6.45) is 0. The lowest BCUT2D eigenvalue weighted by Gasteiger charge is -2.10. The highest BCUT2D eigenvalue weighted by molar-refractivity contribution is 6.30. The van der Waals surface area contributed by atoms with Crippen LogP contribution in [0.3, 0.4) is 0 Å². The molecular weight excluding hydrogens is 198 g/mol. The van der Waals surface area contributed by atoms with Crippen LogP contribution in [0.5, 0.6) is 0 Å². The summed E-state index contributed by atoms with van der Waals surface area (Å²) in [5, 5.41) is 0.616. The van der Waals surface area contributed by atoms with Gasteiger partial charge >= 0.3 is 5.97 Å². The number of hydrogen-bond acceptors (Lipinski definition) is 2. The number of benzene rings is 1. The van der Waals surface area contributed by atoms with E-state index in [9.17, 15) is 4.79 Å². The standard InChI is InChI=1S/C10H10BClO2/c1-2-14-10(13)9(11)7-3-5-8(12)6-4-7/h3-6,9H,2H2,1H3. The third-order valence-electron chi connectivity index (χ3n) is 1.77. The van der Waals surface area contributed by atoms with E-state index in [4.69, 9.17) is 24.2 Å². The third-order valence-corrected chi connectivity index (χ3v) is 2.02. The number of halogens is 1. The van der Waals surface area contributed by atoms with E-state index in [1.807, 2.05) is 0 Å². The zero-order valence-electron chi connectivity index (χ0n) is 7.87. The molecule has 4 heteroatoms. The van der Waals surface area contributed by atoms with E-state index in [-0.39, 0.29) is 0 Å². The summed E-state index contributed by atoms with van der Waals surface area (Å²) in [6, 6.07) is 6.81. The average molecular weight is 208 g/mol. The largest absolute Gasteiger partial charge is 0.466 e. The van der Waals surface area contributed by atoms with Gasteiger partial charge in [0.1, 0.15) is 0 Å². The van der Waals surface area contributed by atoms with Gasteiger partial charge < -0.3 is 4.74 Å². The maximum atomic E-state index is 11.2. The molecule has 2 radical (unpaired) electrons. The van der Waals surface area contributed by atoms with Crippen molar-refractivity contribution in [1.82, 2.24) is 0 Å². The van der Waals surface area contributed by atoms with E-state index in [1.165, 1.54) is 0 Å². The summed E-state index contributed by atoms with van der Waals surface area (Å²) in [6.45, 7) is 2.08. The Hall–Kier alpha value is -0.955. The van der Waals surface area contributed by atoms with Gasteiger partial charge in [-0.1, -0.05) is 23.7 Å². The maximum absolute atomic E-state index is 11.2. The summed E-state index contributed by atoms with van der Waals surface area (Å²) in [7, 11) is 5.66. The fourth-order valence-corrected chi connectivity index (χ4v) is 1.16. The molecule has 1 rings (SSSR count). The van der Waals surface area contributed by atoms with Crippen LogP contribution < -0.4 is 0 Å². The molecule has 1 unspecified atom stereocenters. The number of carbonyl (C=O) groups excluding carboxylic acids is 1. The maximum Gasteiger partial charge on any atom is 0.304 e. The average Bonchev–Trinajstić information content (AvgIpc) is 2.18. The van der Waals surface area contributed by atoms with Crippen molar-refractivity contribution in [1.29, 1.82) is 0 Å². The molecule has 0 aliphatic carbocycles. The second-order valence-electron chi connectivity index (χ2n) is 2.78. The fourth-order valence-electron chi connectivity index (χ4n) is 1.04. The number of esters is 1. The van der Waals surface area contributed by atoms with E-state index in [2.05, 4.69) is 0 Å². The molecule has 0 bridgehead atoms. The lowest BCUT2D eigenvalue weighted by Crippen LogP contribution is -2.15. The highest BCUT2D eigenvalue weighted by atomic mass is 35.5. The Bertz CT molecular complexity index is 310. The Kier molecular flexibility index (Phi) is 4.02. The van der Waals surface area contributed by atoms with Crippen molar-refractivity contribution >= 4 is 25.4 Å². The van der Waals surface area contributed by atoms with Crippen molar-refractivity contribution in [2.45, 2.75) is 12.7 Å². The monoisotopic (exact) mass is 208 g/mol. The van der Waals surface area contributed by atoms with Crippen LogP contribution in [0.1, 0.15) is 18.3 Å². The van der Waals surface area contributed by atoms with Crippen LogP contribution >= 0.6 is 11.6 Å². The summed E-state index contributed by atoms with van der Waals surface area (Å²) < 4.78 is 4.79. The molecule has 0 aliphatic heterocycles. The van der Waals surface area contributed by atoms with Gasteiger partial charge in [0.2, 0.25) is 0 Å². The van der Waals surface area contributed by atoms with Gasteiger partial charge in [-0.25, -0.2) is 0 Å². The van der Waals surface area contributed by atoms with Crippen LogP contribution in [-0.4, -0.2) is 20.4 Å². The first kappa shape index (κ1) is 11.1. The van der Waals surface area contributed by atoms with Crippen LogP contribution in [0.15, 0.2) is 24.3 Å². The summed E-state index contributed by atoms with van der Waals surface area (Å²) in [5.74, 6) is -1.15. The zero-order chi connectivity index (χ0) is 10.6. The number of carbonyl (C=O) groups is 1. The summed E-state index contributed by atoms with van der Waals surface area (Å²) in [5.41, 5.74) is 0.702. The lowest BCUT2D eigenvalue weighted by molar-refractivity contribution is -0.142. The Morgan fingerprint density at radius 3 is 2.57 bits per heavy atom. The summed E-state index contributed by atoms with van der Waals surface area (Å²) >= 11 is 5.70. The van der Waals surface area contributed by atoms with Crippen molar-refractivity contribution in [2.24, 2.45) is 0 Å². The van der Waals surface area contributed by atoms with E-state index in [1.54, 1.807) is 31.2 Å². The first-order valence-electron chi connectivity index (χ1n) is 4.33. The second kappa shape index (κ2) is 5.06. The van der Waals surface area contributed by atoms with E-state index in [0.717, 1.165) is 0 Å². The number of hydrogen-bond donors (Lipinski definition) is 0. The highest BCUT2D eigenvalue weighted by Gasteiger charge is 2.14. The molecule has 0 fully saturated rings. The van der Waals surface area contributed by atoms with Gasteiger partial charge in [0.25, 0.3) is 0 Å². The number of rotatable bonds is 3. The molecule has 72 valence electrons. The molecule has 0 heterocycles. The van der Waals surface area contributed by atoms with Crippen molar-refractivity contribution in [3.8, 4) is 0 Å². The predicted molar refractivity (Wildman–Crippen MR) is 56.6 cm³/mol. The molecule has 0 saturated carbocycles. The van der Waals surface area contributed by atoms with Gasteiger partial charge in [-0.05, 0) is 24.6 Å². The SMILES string of the molecule is [B]C(C(=O)OCC)c1ccc(Cl)cc1. The van der Waals surface area contributed by atoms with Crippen LogP contribution in [-0.2, 0) is 9.53 Å². The van der Waals surface area contributed by atoms with Crippen molar-refractivity contribution in [3.05, 3.63) is 34.9 Å². The quantitative estimate of drug-likeness (QED) is 0.562. The van der Waals surface area contributed by atoms with Crippen LogP contribution in [0.4, 0.5) is 0 Å². The van der Waals surface area contributed by atoms with Gasteiger partial charge in [0.15, 0.2) is 0 Å². The molecular formula is C10H10BClO2. The third kappa shape index (κ3) is 2.77. The van der Waals surface area contributed by atoms with Gasteiger partial charge in [-0.3, -0.25) is 4.79 Å². The molecule has 0 amide bonds. The van der Waals surface area contributed by atoms with E-state index < -0.39 is 11.8 Å². The molecule has 0 aromatic heterocycles. The normalized spacial score (nSPS) is 12.1. The van der Waals surface area contributed by atoms with E-state index >= 15 is 0 Å². The Morgan fingerprint density at radius 1 is 1.50 bits per heavy atom. The van der Waals surface area contributed by atoms with E-state index in [0.29, 0.717) is 17.2 Å². The van der Waals surface area contributed by atoms with Gasteiger partial charge in [-0.15, -0.1) is 0 Å². The molecule has 0 N–H and O–H groups in total. The molecule has 14 heavy (non-hydrogen) atoms. The Morgan fingerprint density at radius 2 is 2.07 bits per heavy atom. The van der Waals surface area contributed by atoms with Crippen LogP contribution in [0.2, 0.25) is 5.02 Å². The minimum atomic E-state index is -0.729. The van der Waals surface area contributed by atoms with Gasteiger partial charge in [0, 0.05) is 10.8 Å². The molecule has 1 aromatic carbocycles. The van der Waals surface area contributed by atoms with Gasteiger partial charge in [-0.2, -0.15) is 0 Å². The summed E-state index contributed by atoms with van der Waals surface area (Å²) in [4.78, 5) is 11.2. The van der Waals surface area contributed by atoms with Crippen molar-refractivity contribution in [2.75, 3.05) is 6.61 Å². The first-order valence-corrected chi connectivity index (χ1v) is 4.70. The first-order chi connectivity index (χ1) is 6.65. The van der Waals surface area contributed by atoms with Gasteiger partial charge in [0.05, 0.1) is 14.5 Å². The molecule has 1 atom stereocenters. The molecule has 2 nitrogen and oxygen atoms in total. The highest BCUT2D eigenvalue weighted by Crippen LogP contribution is 2.17. The number of ether oxygens (including phenoxy) is 1.